The maximum Gasteiger partial charge on any atom is 0.0435 e. The molecule has 0 spiro atoms. The van der Waals surface area contributed by atoms with Crippen molar-refractivity contribution >= 4 is 27.5 Å². The average molecular weight is 274 g/mol. The van der Waals surface area contributed by atoms with E-state index < -0.39 is 0 Å². The van der Waals surface area contributed by atoms with E-state index in [1.165, 1.54) is 5.56 Å². The molecule has 0 amide bonds. The van der Waals surface area contributed by atoms with Gasteiger partial charge in [0.2, 0.25) is 0 Å². The number of hydrogen-bond donors (Lipinski definition) is 0. The number of benzene rings is 1. The van der Waals surface area contributed by atoms with Gasteiger partial charge in [-0.1, -0.05) is 51.8 Å². The molecule has 0 saturated carbocycles. The maximum absolute atomic E-state index is 5.94. The summed E-state index contributed by atoms with van der Waals surface area (Å²) in [5, 5.41) is 1.88. The van der Waals surface area contributed by atoms with E-state index in [2.05, 4.69) is 40.2 Å². The molecule has 0 bridgehead atoms. The third kappa shape index (κ3) is 3.85. The fourth-order valence-electron chi connectivity index (χ4n) is 1.23. The van der Waals surface area contributed by atoms with Gasteiger partial charge in [0, 0.05) is 10.4 Å². The van der Waals surface area contributed by atoms with Crippen molar-refractivity contribution in [1.29, 1.82) is 0 Å². The van der Waals surface area contributed by atoms with Gasteiger partial charge in [0.1, 0.15) is 0 Å². The van der Waals surface area contributed by atoms with Gasteiger partial charge in [-0.05, 0) is 37.0 Å². The van der Waals surface area contributed by atoms with Gasteiger partial charge in [-0.3, -0.25) is 0 Å². The van der Waals surface area contributed by atoms with Crippen LogP contribution in [-0.2, 0) is 6.42 Å². The summed E-state index contributed by atoms with van der Waals surface area (Å²) in [5.41, 5.74) is 2.47. The Kier molecular flexibility index (Phi) is 5.28. The number of alkyl halides is 1. The van der Waals surface area contributed by atoms with E-state index in [0.717, 1.165) is 28.8 Å². The lowest BCUT2D eigenvalue weighted by Crippen LogP contribution is -1.83. The zero-order valence-corrected chi connectivity index (χ0v) is 10.6. The molecule has 0 nitrogen and oxygen atoms in total. The molecule has 0 aromatic heterocycles. The summed E-state index contributed by atoms with van der Waals surface area (Å²) in [7, 11) is 0. The Morgan fingerprint density at radius 1 is 1.36 bits per heavy atom. The monoisotopic (exact) mass is 272 g/mol. The molecule has 0 aliphatic rings. The van der Waals surface area contributed by atoms with Crippen LogP contribution in [0.3, 0.4) is 0 Å². The highest BCUT2D eigenvalue weighted by Crippen LogP contribution is 2.16. The van der Waals surface area contributed by atoms with Crippen LogP contribution in [0, 0.1) is 6.92 Å². The number of allylic oxidation sites excluding steroid dienone is 2. The molecule has 0 unspecified atom stereocenters. The number of aryl methyl sites for hydroxylation is 1. The summed E-state index contributed by atoms with van der Waals surface area (Å²) >= 11 is 9.33. The van der Waals surface area contributed by atoms with Crippen molar-refractivity contribution < 1.29 is 0 Å². The maximum atomic E-state index is 5.94. The minimum Gasteiger partial charge on any atom is -0.0925 e. The smallest absolute Gasteiger partial charge is 0.0435 e. The molecule has 0 radical (unpaired) electrons. The Morgan fingerprint density at radius 2 is 2.14 bits per heavy atom. The van der Waals surface area contributed by atoms with E-state index in [1.807, 2.05) is 13.0 Å². The second kappa shape index (κ2) is 6.26. The first-order valence-corrected chi connectivity index (χ1v) is 6.20. The SMILES string of the molecule is Cc1cc(C/C=C/CCBr)ccc1Cl. The lowest BCUT2D eigenvalue weighted by Gasteiger charge is -2.00. The summed E-state index contributed by atoms with van der Waals surface area (Å²) in [6.45, 7) is 2.04. The molecule has 76 valence electrons. The Bertz CT molecular complexity index is 318. The first-order chi connectivity index (χ1) is 6.74. The molecule has 1 aromatic rings. The molecule has 0 N–H and O–H groups in total. The topological polar surface area (TPSA) is 0 Å². The standard InChI is InChI=1S/C12H14BrCl/c1-10-9-11(6-7-12(10)14)5-3-2-4-8-13/h2-3,6-7,9H,4-5,8H2,1H3/b3-2+. The van der Waals surface area contributed by atoms with Gasteiger partial charge in [-0.2, -0.15) is 0 Å². The van der Waals surface area contributed by atoms with Crippen molar-refractivity contribution in [3.8, 4) is 0 Å². The van der Waals surface area contributed by atoms with Crippen LogP contribution in [-0.4, -0.2) is 5.33 Å². The minimum atomic E-state index is 0.846. The van der Waals surface area contributed by atoms with Crippen molar-refractivity contribution in [3.05, 3.63) is 46.5 Å². The van der Waals surface area contributed by atoms with Crippen molar-refractivity contribution in [2.24, 2.45) is 0 Å². The van der Waals surface area contributed by atoms with E-state index >= 15 is 0 Å². The third-order valence-corrected chi connectivity index (χ3v) is 2.90. The van der Waals surface area contributed by atoms with Crippen molar-refractivity contribution in [2.75, 3.05) is 5.33 Å². The molecule has 0 saturated heterocycles. The van der Waals surface area contributed by atoms with Crippen molar-refractivity contribution in [3.63, 3.8) is 0 Å². The zero-order valence-electron chi connectivity index (χ0n) is 8.26. The summed E-state index contributed by atoms with van der Waals surface area (Å²) < 4.78 is 0. The van der Waals surface area contributed by atoms with Crippen LogP contribution in [0.2, 0.25) is 5.02 Å². The first-order valence-electron chi connectivity index (χ1n) is 4.70. The van der Waals surface area contributed by atoms with Crippen LogP contribution in [0.4, 0.5) is 0 Å². The van der Waals surface area contributed by atoms with Gasteiger partial charge in [0.15, 0.2) is 0 Å². The van der Waals surface area contributed by atoms with Crippen LogP contribution in [0.5, 0.6) is 0 Å². The van der Waals surface area contributed by atoms with Gasteiger partial charge in [-0.15, -0.1) is 0 Å². The largest absolute Gasteiger partial charge is 0.0925 e. The van der Waals surface area contributed by atoms with Gasteiger partial charge >= 0.3 is 0 Å². The van der Waals surface area contributed by atoms with Gasteiger partial charge < -0.3 is 0 Å². The highest BCUT2D eigenvalue weighted by Gasteiger charge is 1.95. The molecule has 14 heavy (non-hydrogen) atoms. The van der Waals surface area contributed by atoms with Crippen molar-refractivity contribution in [1.82, 2.24) is 0 Å². The van der Waals surface area contributed by atoms with E-state index in [0.29, 0.717) is 0 Å². The summed E-state index contributed by atoms with van der Waals surface area (Å²) in [6.07, 6.45) is 6.47. The second-order valence-electron chi connectivity index (χ2n) is 3.24. The summed E-state index contributed by atoms with van der Waals surface area (Å²) in [6, 6.07) is 6.18. The Balaban J connectivity index is 2.55. The molecule has 1 aromatic carbocycles. The number of halogens is 2. The average Bonchev–Trinajstić information content (AvgIpc) is 2.18. The van der Waals surface area contributed by atoms with Gasteiger partial charge in [-0.25, -0.2) is 0 Å². The van der Waals surface area contributed by atoms with Gasteiger partial charge in [0.05, 0.1) is 0 Å². The molecule has 2 heteroatoms. The Hall–Kier alpha value is -0.270. The molecule has 1 rings (SSSR count). The van der Waals surface area contributed by atoms with Crippen LogP contribution < -0.4 is 0 Å². The Morgan fingerprint density at radius 3 is 2.79 bits per heavy atom. The fourth-order valence-corrected chi connectivity index (χ4v) is 1.62. The number of rotatable bonds is 4. The first kappa shape index (κ1) is 11.8. The minimum absolute atomic E-state index is 0.846. The second-order valence-corrected chi connectivity index (χ2v) is 4.44. The quantitative estimate of drug-likeness (QED) is 0.558. The lowest BCUT2D eigenvalue weighted by molar-refractivity contribution is 1.19. The lowest BCUT2D eigenvalue weighted by atomic mass is 10.1. The Labute approximate surface area is 99.1 Å². The van der Waals surface area contributed by atoms with E-state index in [1.54, 1.807) is 0 Å². The molecule has 0 aliphatic carbocycles. The van der Waals surface area contributed by atoms with Crippen LogP contribution in [0.25, 0.3) is 0 Å². The molecular weight excluding hydrogens is 259 g/mol. The van der Waals surface area contributed by atoms with Crippen LogP contribution >= 0.6 is 27.5 Å². The number of hydrogen-bond acceptors (Lipinski definition) is 0. The molecule has 0 fully saturated rings. The van der Waals surface area contributed by atoms with E-state index in [4.69, 9.17) is 11.6 Å². The molecule has 0 aliphatic heterocycles. The van der Waals surface area contributed by atoms with Crippen LogP contribution in [0.15, 0.2) is 30.4 Å². The molecular formula is C12H14BrCl. The summed E-state index contributed by atoms with van der Waals surface area (Å²) in [4.78, 5) is 0. The molecule has 0 heterocycles. The van der Waals surface area contributed by atoms with Crippen molar-refractivity contribution in [2.45, 2.75) is 19.8 Å². The highest BCUT2D eigenvalue weighted by atomic mass is 79.9. The molecule has 0 atom stereocenters. The van der Waals surface area contributed by atoms with Crippen LogP contribution in [0.1, 0.15) is 17.5 Å². The fraction of sp³-hybridized carbons (Fsp3) is 0.333. The normalized spacial score (nSPS) is 11.1. The van der Waals surface area contributed by atoms with E-state index in [9.17, 15) is 0 Å². The summed E-state index contributed by atoms with van der Waals surface area (Å²) in [5.74, 6) is 0. The predicted molar refractivity (Wildman–Crippen MR) is 67.4 cm³/mol. The van der Waals surface area contributed by atoms with E-state index in [-0.39, 0.29) is 0 Å². The highest BCUT2D eigenvalue weighted by molar-refractivity contribution is 9.09. The predicted octanol–water partition coefficient (Wildman–Crippen LogP) is 4.53. The van der Waals surface area contributed by atoms with Gasteiger partial charge in [0.25, 0.3) is 0 Å². The zero-order chi connectivity index (χ0) is 10.4. The third-order valence-electron chi connectivity index (χ3n) is 2.02.